The maximum atomic E-state index is 11.6. The molecule has 0 aromatic carbocycles. The summed E-state index contributed by atoms with van der Waals surface area (Å²) >= 11 is 0. The highest BCUT2D eigenvalue weighted by molar-refractivity contribution is 5.75. The number of hydrogen-bond acceptors (Lipinski definition) is 3. The molecule has 1 unspecified atom stereocenters. The number of carbonyl (C=O) groups excluding carboxylic acids is 1. The van der Waals surface area contributed by atoms with Crippen molar-refractivity contribution in [3.63, 3.8) is 0 Å². The molecule has 0 saturated heterocycles. The maximum absolute atomic E-state index is 11.6. The van der Waals surface area contributed by atoms with Gasteiger partial charge in [0.05, 0.1) is 6.10 Å². The van der Waals surface area contributed by atoms with Gasteiger partial charge in [-0.2, -0.15) is 0 Å². The fraction of sp³-hybridized carbons (Fsp3) is 0.909. The number of unbranched alkanes of at least 4 members (excludes halogenated alkanes) is 1. The number of rotatable bonds is 6. The van der Waals surface area contributed by atoms with Crippen LogP contribution in [0.5, 0.6) is 0 Å². The molecule has 0 N–H and O–H groups in total. The van der Waals surface area contributed by atoms with Gasteiger partial charge in [0, 0.05) is 0 Å². The molecule has 1 atom stereocenters. The van der Waals surface area contributed by atoms with Crippen molar-refractivity contribution in [2.24, 2.45) is 0 Å². The second-order valence-corrected chi connectivity index (χ2v) is 4.11. The highest BCUT2D eigenvalue weighted by Gasteiger charge is 2.22. The minimum atomic E-state index is -0.0987. The Hall–Kier alpha value is -0.570. The monoisotopic (exact) mass is 201 g/mol. The number of carbonyl (C=O) groups is 1. The first-order valence-electron chi connectivity index (χ1n) is 5.36. The molecule has 84 valence electrons. The summed E-state index contributed by atoms with van der Waals surface area (Å²) in [5, 5.41) is 0. The van der Waals surface area contributed by atoms with Crippen LogP contribution in [0.15, 0.2) is 0 Å². The van der Waals surface area contributed by atoms with Crippen molar-refractivity contribution in [1.29, 1.82) is 0 Å². The van der Waals surface area contributed by atoms with Gasteiger partial charge in [-0.3, -0.25) is 9.69 Å². The third-order valence-electron chi connectivity index (χ3n) is 2.08. The van der Waals surface area contributed by atoms with Crippen LogP contribution in [-0.4, -0.2) is 37.1 Å². The maximum Gasteiger partial charge on any atom is 0.323 e. The molecule has 0 aliphatic heterocycles. The highest BCUT2D eigenvalue weighted by Crippen LogP contribution is 2.08. The smallest absolute Gasteiger partial charge is 0.323 e. The predicted octanol–water partition coefficient (Wildman–Crippen LogP) is 2.06. The predicted molar refractivity (Wildman–Crippen MR) is 58.2 cm³/mol. The quantitative estimate of drug-likeness (QED) is 0.616. The SMILES string of the molecule is CCCCC(C(=O)OC(C)C)N(C)C. The summed E-state index contributed by atoms with van der Waals surface area (Å²) in [5.41, 5.74) is 0. The van der Waals surface area contributed by atoms with E-state index in [-0.39, 0.29) is 18.1 Å². The van der Waals surface area contributed by atoms with Crippen LogP contribution < -0.4 is 0 Å². The molecule has 0 spiro atoms. The molecule has 3 nitrogen and oxygen atoms in total. The second-order valence-electron chi connectivity index (χ2n) is 4.11. The summed E-state index contributed by atoms with van der Waals surface area (Å²) in [4.78, 5) is 13.6. The van der Waals surface area contributed by atoms with Crippen molar-refractivity contribution in [3.8, 4) is 0 Å². The number of likely N-dealkylation sites (N-methyl/N-ethyl adjacent to an activating group) is 1. The molecular weight excluding hydrogens is 178 g/mol. The number of nitrogens with zero attached hydrogens (tertiary/aromatic N) is 1. The zero-order valence-electron chi connectivity index (χ0n) is 10.0. The van der Waals surface area contributed by atoms with Crippen molar-refractivity contribution >= 4 is 5.97 Å². The van der Waals surface area contributed by atoms with Crippen LogP contribution in [-0.2, 0) is 9.53 Å². The van der Waals surface area contributed by atoms with E-state index in [1.807, 2.05) is 32.8 Å². The van der Waals surface area contributed by atoms with Crippen LogP contribution in [0.1, 0.15) is 40.0 Å². The molecule has 0 aliphatic carbocycles. The van der Waals surface area contributed by atoms with Crippen molar-refractivity contribution in [1.82, 2.24) is 4.90 Å². The summed E-state index contributed by atoms with van der Waals surface area (Å²) < 4.78 is 5.19. The molecule has 0 amide bonds. The largest absolute Gasteiger partial charge is 0.462 e. The summed E-state index contributed by atoms with van der Waals surface area (Å²) in [7, 11) is 3.84. The Morgan fingerprint density at radius 1 is 1.36 bits per heavy atom. The first-order chi connectivity index (χ1) is 6.49. The molecule has 0 aliphatic rings. The van der Waals surface area contributed by atoms with Gasteiger partial charge in [0.25, 0.3) is 0 Å². The first kappa shape index (κ1) is 13.4. The van der Waals surface area contributed by atoms with Gasteiger partial charge < -0.3 is 4.74 Å². The topological polar surface area (TPSA) is 29.5 Å². The van der Waals surface area contributed by atoms with Crippen molar-refractivity contribution in [2.45, 2.75) is 52.2 Å². The Morgan fingerprint density at radius 2 is 1.93 bits per heavy atom. The van der Waals surface area contributed by atoms with Gasteiger partial charge in [-0.05, 0) is 34.4 Å². The van der Waals surface area contributed by atoms with Crippen LogP contribution in [0, 0.1) is 0 Å². The molecule has 0 rings (SSSR count). The van der Waals surface area contributed by atoms with Gasteiger partial charge in [0.15, 0.2) is 0 Å². The van der Waals surface area contributed by atoms with E-state index in [0.717, 1.165) is 19.3 Å². The van der Waals surface area contributed by atoms with Crippen molar-refractivity contribution in [3.05, 3.63) is 0 Å². The van der Waals surface area contributed by atoms with E-state index < -0.39 is 0 Å². The zero-order chi connectivity index (χ0) is 11.1. The Morgan fingerprint density at radius 3 is 2.29 bits per heavy atom. The standard InChI is InChI=1S/C11H23NO2/c1-6-7-8-10(12(4)5)11(13)14-9(2)3/h9-10H,6-8H2,1-5H3. The fourth-order valence-electron chi connectivity index (χ4n) is 1.30. The average Bonchev–Trinajstić information content (AvgIpc) is 2.02. The fourth-order valence-corrected chi connectivity index (χ4v) is 1.30. The van der Waals surface area contributed by atoms with Crippen LogP contribution in [0.2, 0.25) is 0 Å². The Bertz CT molecular complexity index is 167. The molecule has 0 heterocycles. The molecule has 0 radical (unpaired) electrons. The van der Waals surface area contributed by atoms with Crippen LogP contribution in [0.25, 0.3) is 0 Å². The molecule has 3 heteroatoms. The third-order valence-corrected chi connectivity index (χ3v) is 2.08. The van der Waals surface area contributed by atoms with Crippen LogP contribution >= 0.6 is 0 Å². The molecule has 0 aromatic rings. The molecule has 0 bridgehead atoms. The Labute approximate surface area is 87.4 Å². The Balaban J connectivity index is 4.11. The van der Waals surface area contributed by atoms with E-state index in [0.29, 0.717) is 0 Å². The van der Waals surface area contributed by atoms with E-state index in [4.69, 9.17) is 4.74 Å². The lowest BCUT2D eigenvalue weighted by atomic mass is 10.1. The summed E-state index contributed by atoms with van der Waals surface area (Å²) in [5.74, 6) is -0.0987. The lowest BCUT2D eigenvalue weighted by molar-refractivity contribution is -0.153. The van der Waals surface area contributed by atoms with Gasteiger partial charge >= 0.3 is 5.97 Å². The number of ether oxygens (including phenoxy) is 1. The van der Waals surface area contributed by atoms with Gasteiger partial charge in [0.2, 0.25) is 0 Å². The Kier molecular flexibility index (Phi) is 6.54. The van der Waals surface area contributed by atoms with E-state index in [9.17, 15) is 4.79 Å². The summed E-state index contributed by atoms with van der Waals surface area (Å²) in [6.07, 6.45) is 3.04. The van der Waals surface area contributed by atoms with Gasteiger partial charge in [-0.1, -0.05) is 19.8 Å². The summed E-state index contributed by atoms with van der Waals surface area (Å²) in [6, 6.07) is -0.0858. The molecule has 0 fully saturated rings. The van der Waals surface area contributed by atoms with E-state index in [1.54, 1.807) is 0 Å². The summed E-state index contributed by atoms with van der Waals surface area (Å²) in [6.45, 7) is 5.88. The van der Waals surface area contributed by atoms with E-state index in [2.05, 4.69) is 6.92 Å². The van der Waals surface area contributed by atoms with E-state index in [1.165, 1.54) is 0 Å². The lowest BCUT2D eigenvalue weighted by Gasteiger charge is -2.23. The molecule has 0 aromatic heterocycles. The number of hydrogen-bond donors (Lipinski definition) is 0. The van der Waals surface area contributed by atoms with Crippen molar-refractivity contribution in [2.75, 3.05) is 14.1 Å². The minimum Gasteiger partial charge on any atom is -0.462 e. The van der Waals surface area contributed by atoms with Crippen molar-refractivity contribution < 1.29 is 9.53 Å². The number of esters is 1. The third kappa shape index (κ3) is 5.22. The zero-order valence-corrected chi connectivity index (χ0v) is 10.0. The van der Waals surface area contributed by atoms with Crippen LogP contribution in [0.4, 0.5) is 0 Å². The highest BCUT2D eigenvalue weighted by atomic mass is 16.5. The lowest BCUT2D eigenvalue weighted by Crippen LogP contribution is -2.38. The second kappa shape index (κ2) is 6.82. The normalized spacial score (nSPS) is 13.4. The molecule has 0 saturated carbocycles. The van der Waals surface area contributed by atoms with Gasteiger partial charge in [-0.15, -0.1) is 0 Å². The average molecular weight is 201 g/mol. The molecular formula is C11H23NO2. The first-order valence-corrected chi connectivity index (χ1v) is 5.36. The van der Waals surface area contributed by atoms with Gasteiger partial charge in [0.1, 0.15) is 6.04 Å². The van der Waals surface area contributed by atoms with Gasteiger partial charge in [-0.25, -0.2) is 0 Å². The van der Waals surface area contributed by atoms with E-state index >= 15 is 0 Å². The van der Waals surface area contributed by atoms with Crippen LogP contribution in [0.3, 0.4) is 0 Å². The minimum absolute atomic E-state index is 0.0217. The molecule has 14 heavy (non-hydrogen) atoms.